The third-order valence-corrected chi connectivity index (χ3v) is 3.93. The molecule has 0 heterocycles. The van der Waals surface area contributed by atoms with Gasteiger partial charge in [0.15, 0.2) is 5.11 Å². The van der Waals surface area contributed by atoms with Gasteiger partial charge in [0.1, 0.15) is 5.75 Å². The van der Waals surface area contributed by atoms with Gasteiger partial charge in [-0.15, -0.1) is 0 Å². The van der Waals surface area contributed by atoms with Crippen molar-refractivity contribution in [2.24, 2.45) is 0 Å². The smallest absolute Gasteiger partial charge is 0.261 e. The van der Waals surface area contributed by atoms with Crippen LogP contribution in [-0.4, -0.2) is 29.6 Å². The van der Waals surface area contributed by atoms with Crippen LogP contribution in [0.15, 0.2) is 54.6 Å². The van der Waals surface area contributed by atoms with E-state index in [0.717, 1.165) is 5.56 Å². The van der Waals surface area contributed by atoms with E-state index >= 15 is 0 Å². The lowest BCUT2D eigenvalue weighted by atomic mass is 10.2. The molecular formula is C19H19N3O2S. The summed E-state index contributed by atoms with van der Waals surface area (Å²) in [7, 11) is 1.51. The fourth-order valence-electron chi connectivity index (χ4n) is 2.32. The summed E-state index contributed by atoms with van der Waals surface area (Å²) in [6.07, 6.45) is 0.317. The maximum atomic E-state index is 12.5. The molecule has 6 heteroatoms. The molecule has 0 aliphatic rings. The number of rotatable bonds is 6. The van der Waals surface area contributed by atoms with E-state index in [9.17, 15) is 4.79 Å². The van der Waals surface area contributed by atoms with Crippen LogP contribution in [0.3, 0.4) is 0 Å². The van der Waals surface area contributed by atoms with Gasteiger partial charge in [0.25, 0.3) is 5.91 Å². The van der Waals surface area contributed by atoms with Crippen LogP contribution in [0.2, 0.25) is 0 Å². The average molecular weight is 353 g/mol. The molecule has 0 aliphatic heterocycles. The van der Waals surface area contributed by atoms with Crippen molar-refractivity contribution in [3.63, 3.8) is 0 Å². The summed E-state index contributed by atoms with van der Waals surface area (Å²) >= 11 is 5.39. The number of methoxy groups -OCH3 is 1. The van der Waals surface area contributed by atoms with Gasteiger partial charge >= 0.3 is 0 Å². The van der Waals surface area contributed by atoms with E-state index in [0.29, 0.717) is 30.8 Å². The van der Waals surface area contributed by atoms with Gasteiger partial charge in [0.2, 0.25) is 0 Å². The minimum atomic E-state index is -0.336. The molecule has 2 aromatic rings. The van der Waals surface area contributed by atoms with E-state index in [2.05, 4.69) is 11.4 Å². The highest BCUT2D eigenvalue weighted by Crippen LogP contribution is 2.17. The minimum absolute atomic E-state index is 0.287. The Balaban J connectivity index is 2.10. The van der Waals surface area contributed by atoms with E-state index < -0.39 is 0 Å². The number of thiocarbonyl (C=S) groups is 1. The number of carbonyl (C=O) groups excluding carboxylic acids is 1. The second kappa shape index (κ2) is 9.40. The van der Waals surface area contributed by atoms with E-state index in [4.69, 9.17) is 22.2 Å². The number of para-hydroxylation sites is 1. The Morgan fingerprint density at radius 1 is 1.20 bits per heavy atom. The highest BCUT2D eigenvalue weighted by molar-refractivity contribution is 7.80. The highest BCUT2D eigenvalue weighted by atomic mass is 32.1. The Morgan fingerprint density at radius 2 is 1.88 bits per heavy atom. The van der Waals surface area contributed by atoms with Crippen molar-refractivity contribution in [1.82, 2.24) is 10.2 Å². The van der Waals surface area contributed by atoms with Crippen LogP contribution in [-0.2, 0) is 6.54 Å². The first-order chi connectivity index (χ1) is 12.2. The molecule has 5 nitrogen and oxygen atoms in total. The summed E-state index contributed by atoms with van der Waals surface area (Å²) in [5, 5.41) is 11.9. The first kappa shape index (κ1) is 18.4. The zero-order valence-electron chi connectivity index (χ0n) is 13.9. The van der Waals surface area contributed by atoms with Crippen LogP contribution in [0.4, 0.5) is 0 Å². The first-order valence-electron chi connectivity index (χ1n) is 7.80. The minimum Gasteiger partial charge on any atom is -0.496 e. The van der Waals surface area contributed by atoms with E-state index in [-0.39, 0.29) is 11.0 Å². The molecule has 0 unspecified atom stereocenters. The van der Waals surface area contributed by atoms with Gasteiger partial charge in [-0.1, -0.05) is 42.5 Å². The van der Waals surface area contributed by atoms with Gasteiger partial charge in [-0.3, -0.25) is 10.1 Å². The summed E-state index contributed by atoms with van der Waals surface area (Å²) in [5.41, 5.74) is 1.46. The number of nitrogens with zero attached hydrogens (tertiary/aromatic N) is 2. The van der Waals surface area contributed by atoms with E-state index in [1.165, 1.54) is 7.11 Å². The number of nitriles is 1. The molecule has 1 N–H and O–H groups in total. The second-order valence-corrected chi connectivity index (χ2v) is 5.66. The fraction of sp³-hybridized carbons (Fsp3) is 0.211. The molecule has 0 fully saturated rings. The molecule has 0 aliphatic carbocycles. The van der Waals surface area contributed by atoms with Crippen molar-refractivity contribution in [3.8, 4) is 11.8 Å². The first-order valence-corrected chi connectivity index (χ1v) is 8.20. The van der Waals surface area contributed by atoms with E-state index in [1.807, 2.05) is 30.3 Å². The van der Waals surface area contributed by atoms with Crippen molar-refractivity contribution in [1.29, 1.82) is 5.26 Å². The van der Waals surface area contributed by atoms with Crippen LogP contribution in [0.5, 0.6) is 5.75 Å². The number of hydrogen-bond donors (Lipinski definition) is 1. The zero-order valence-corrected chi connectivity index (χ0v) is 14.8. The lowest BCUT2D eigenvalue weighted by Gasteiger charge is -2.24. The predicted molar refractivity (Wildman–Crippen MR) is 100 cm³/mol. The molecule has 0 saturated heterocycles. The molecule has 2 rings (SSSR count). The fourth-order valence-corrected chi connectivity index (χ4v) is 2.57. The SMILES string of the molecule is COc1ccccc1C(=O)NC(=S)N(CCC#N)Cc1ccccc1. The Bertz CT molecular complexity index is 772. The number of amides is 1. The number of carbonyl (C=O) groups is 1. The third-order valence-electron chi connectivity index (χ3n) is 3.57. The molecule has 0 radical (unpaired) electrons. The Kier molecular flexibility index (Phi) is 6.93. The molecule has 0 atom stereocenters. The summed E-state index contributed by atoms with van der Waals surface area (Å²) in [6.45, 7) is 0.962. The van der Waals surface area contributed by atoms with Gasteiger partial charge in [-0.05, 0) is 29.9 Å². The van der Waals surface area contributed by atoms with Crippen molar-refractivity contribution in [2.75, 3.05) is 13.7 Å². The molecule has 128 valence electrons. The number of nitrogens with one attached hydrogen (secondary N) is 1. The summed E-state index contributed by atoms with van der Waals surface area (Å²) < 4.78 is 5.21. The van der Waals surface area contributed by atoms with Gasteiger partial charge < -0.3 is 9.64 Å². The van der Waals surface area contributed by atoms with Gasteiger partial charge in [0, 0.05) is 13.1 Å². The van der Waals surface area contributed by atoms with Crippen LogP contribution in [0.25, 0.3) is 0 Å². The Morgan fingerprint density at radius 3 is 2.56 bits per heavy atom. The maximum Gasteiger partial charge on any atom is 0.261 e. The number of ether oxygens (including phenoxy) is 1. The zero-order chi connectivity index (χ0) is 18.1. The number of hydrogen-bond acceptors (Lipinski definition) is 4. The standard InChI is InChI=1S/C19H19N3O2S/c1-24-17-11-6-5-10-16(17)18(23)21-19(25)22(13-7-12-20)14-15-8-3-2-4-9-15/h2-6,8-11H,7,13-14H2,1H3,(H,21,23,25). The van der Waals surface area contributed by atoms with Crippen LogP contribution in [0.1, 0.15) is 22.3 Å². The predicted octanol–water partition coefficient (Wildman–Crippen LogP) is 3.13. The lowest BCUT2D eigenvalue weighted by molar-refractivity contribution is 0.0970. The van der Waals surface area contributed by atoms with E-state index in [1.54, 1.807) is 29.2 Å². The Labute approximate surface area is 152 Å². The molecule has 0 aromatic heterocycles. The van der Waals surface area contributed by atoms with Crippen molar-refractivity contribution < 1.29 is 9.53 Å². The average Bonchev–Trinajstić information content (AvgIpc) is 2.65. The van der Waals surface area contributed by atoms with Crippen molar-refractivity contribution in [3.05, 3.63) is 65.7 Å². The molecular weight excluding hydrogens is 334 g/mol. The molecule has 0 saturated carbocycles. The second-order valence-electron chi connectivity index (χ2n) is 5.27. The van der Waals surface area contributed by atoms with Gasteiger partial charge in [-0.2, -0.15) is 5.26 Å². The molecule has 25 heavy (non-hydrogen) atoms. The highest BCUT2D eigenvalue weighted by Gasteiger charge is 2.16. The normalized spacial score (nSPS) is 9.76. The lowest BCUT2D eigenvalue weighted by Crippen LogP contribution is -2.42. The molecule has 0 spiro atoms. The van der Waals surface area contributed by atoms with Crippen LogP contribution in [0, 0.1) is 11.3 Å². The summed E-state index contributed by atoms with van der Waals surface area (Å²) in [6, 6.07) is 18.8. The maximum absolute atomic E-state index is 12.5. The van der Waals surface area contributed by atoms with Crippen LogP contribution < -0.4 is 10.1 Å². The summed E-state index contributed by atoms with van der Waals surface area (Å²) in [5.74, 6) is 0.145. The Hall–Kier alpha value is -2.91. The molecule has 1 amide bonds. The van der Waals surface area contributed by atoms with Gasteiger partial charge in [-0.25, -0.2) is 0 Å². The quantitative estimate of drug-likeness (QED) is 0.808. The molecule has 2 aromatic carbocycles. The molecule has 0 bridgehead atoms. The van der Waals surface area contributed by atoms with Crippen molar-refractivity contribution in [2.45, 2.75) is 13.0 Å². The summed E-state index contributed by atoms with van der Waals surface area (Å²) in [4.78, 5) is 14.3. The van der Waals surface area contributed by atoms with Crippen molar-refractivity contribution >= 4 is 23.2 Å². The number of benzene rings is 2. The monoisotopic (exact) mass is 353 g/mol. The van der Waals surface area contributed by atoms with Gasteiger partial charge in [0.05, 0.1) is 25.2 Å². The van der Waals surface area contributed by atoms with Crippen LogP contribution >= 0.6 is 12.2 Å². The topological polar surface area (TPSA) is 65.4 Å². The largest absolute Gasteiger partial charge is 0.496 e. The third kappa shape index (κ3) is 5.30.